The molecule has 0 aliphatic heterocycles. The SMILES string of the molecule is CC[C@@H](C)[C@H](NC(=O)OCc1ccccc1)C(=O)Nc1cc(C)ccn1. The summed E-state index contributed by atoms with van der Waals surface area (Å²) >= 11 is 0. The molecular formula is C20H25N3O3. The highest BCUT2D eigenvalue weighted by Gasteiger charge is 2.27. The Bertz CT molecular complexity index is 734. The van der Waals surface area contributed by atoms with Gasteiger partial charge in [0.2, 0.25) is 5.91 Å². The smallest absolute Gasteiger partial charge is 0.408 e. The van der Waals surface area contributed by atoms with Gasteiger partial charge in [-0.05, 0) is 36.1 Å². The Hall–Kier alpha value is -2.89. The second kappa shape index (κ2) is 9.56. The molecule has 0 bridgehead atoms. The summed E-state index contributed by atoms with van der Waals surface area (Å²) in [6, 6.07) is 12.3. The first-order valence-corrected chi connectivity index (χ1v) is 8.70. The first kappa shape index (κ1) is 19.4. The molecular weight excluding hydrogens is 330 g/mol. The average Bonchev–Trinajstić information content (AvgIpc) is 2.64. The minimum Gasteiger partial charge on any atom is -0.445 e. The van der Waals surface area contributed by atoms with Crippen LogP contribution in [0.25, 0.3) is 0 Å². The van der Waals surface area contributed by atoms with Crippen LogP contribution in [-0.4, -0.2) is 23.0 Å². The molecule has 0 unspecified atom stereocenters. The number of ether oxygens (including phenoxy) is 1. The number of benzene rings is 1. The summed E-state index contributed by atoms with van der Waals surface area (Å²) in [4.78, 5) is 28.9. The Morgan fingerprint density at radius 2 is 1.92 bits per heavy atom. The minimum atomic E-state index is -0.703. The molecule has 0 saturated heterocycles. The fourth-order valence-electron chi connectivity index (χ4n) is 2.40. The Balaban J connectivity index is 1.97. The van der Waals surface area contributed by atoms with Crippen molar-refractivity contribution >= 4 is 17.8 Å². The highest BCUT2D eigenvalue weighted by atomic mass is 16.5. The van der Waals surface area contributed by atoms with E-state index in [1.54, 1.807) is 12.3 Å². The van der Waals surface area contributed by atoms with Gasteiger partial charge < -0.3 is 15.4 Å². The number of aromatic nitrogens is 1. The zero-order valence-electron chi connectivity index (χ0n) is 15.4. The lowest BCUT2D eigenvalue weighted by molar-refractivity contribution is -0.119. The van der Waals surface area contributed by atoms with Gasteiger partial charge in [-0.25, -0.2) is 9.78 Å². The number of anilines is 1. The summed E-state index contributed by atoms with van der Waals surface area (Å²) < 4.78 is 5.23. The number of nitrogens with zero attached hydrogens (tertiary/aromatic N) is 1. The van der Waals surface area contributed by atoms with E-state index in [0.29, 0.717) is 5.82 Å². The molecule has 1 heterocycles. The van der Waals surface area contributed by atoms with E-state index in [1.165, 1.54) is 0 Å². The molecule has 0 saturated carbocycles. The van der Waals surface area contributed by atoms with Crippen LogP contribution in [0.15, 0.2) is 48.7 Å². The maximum Gasteiger partial charge on any atom is 0.408 e. The van der Waals surface area contributed by atoms with Crippen molar-refractivity contribution in [2.45, 2.75) is 39.8 Å². The van der Waals surface area contributed by atoms with Crippen LogP contribution in [0.1, 0.15) is 31.4 Å². The first-order valence-electron chi connectivity index (χ1n) is 8.70. The van der Waals surface area contributed by atoms with Crippen LogP contribution >= 0.6 is 0 Å². The molecule has 0 radical (unpaired) electrons. The van der Waals surface area contributed by atoms with Gasteiger partial charge in [0.25, 0.3) is 0 Å². The van der Waals surface area contributed by atoms with Gasteiger partial charge in [0, 0.05) is 6.20 Å². The molecule has 6 nitrogen and oxygen atoms in total. The second-order valence-electron chi connectivity index (χ2n) is 6.28. The van der Waals surface area contributed by atoms with Gasteiger partial charge in [-0.3, -0.25) is 4.79 Å². The summed E-state index contributed by atoms with van der Waals surface area (Å²) in [5.41, 5.74) is 1.88. The zero-order valence-corrected chi connectivity index (χ0v) is 15.4. The summed E-state index contributed by atoms with van der Waals surface area (Å²) in [6.07, 6.45) is 1.75. The second-order valence-corrected chi connectivity index (χ2v) is 6.28. The predicted molar refractivity (Wildman–Crippen MR) is 101 cm³/mol. The number of aryl methyl sites for hydroxylation is 1. The van der Waals surface area contributed by atoms with Crippen LogP contribution in [0.2, 0.25) is 0 Å². The molecule has 26 heavy (non-hydrogen) atoms. The van der Waals surface area contributed by atoms with E-state index in [4.69, 9.17) is 4.74 Å². The van der Waals surface area contributed by atoms with Gasteiger partial charge in [0.1, 0.15) is 18.5 Å². The highest BCUT2D eigenvalue weighted by Crippen LogP contribution is 2.12. The standard InChI is InChI=1S/C20H25N3O3/c1-4-15(3)18(19(24)22-17-12-14(2)10-11-21-17)23-20(25)26-13-16-8-6-5-7-9-16/h5-12,15,18H,4,13H2,1-3H3,(H,23,25)(H,21,22,24)/t15-,18+/m1/s1. The van der Waals surface area contributed by atoms with Crippen LogP contribution in [-0.2, 0) is 16.1 Å². The number of amides is 2. The van der Waals surface area contributed by atoms with Crippen LogP contribution in [0.3, 0.4) is 0 Å². The van der Waals surface area contributed by atoms with Crippen LogP contribution < -0.4 is 10.6 Å². The minimum absolute atomic E-state index is 0.0518. The number of hydrogen-bond donors (Lipinski definition) is 2. The first-order chi connectivity index (χ1) is 12.5. The average molecular weight is 355 g/mol. The third-order valence-electron chi connectivity index (χ3n) is 4.15. The van der Waals surface area contributed by atoms with E-state index in [2.05, 4.69) is 15.6 Å². The molecule has 0 aliphatic carbocycles. The van der Waals surface area contributed by atoms with Crippen molar-refractivity contribution in [1.29, 1.82) is 0 Å². The topological polar surface area (TPSA) is 80.3 Å². The van der Waals surface area contributed by atoms with Crippen LogP contribution in [0.4, 0.5) is 10.6 Å². The summed E-state index contributed by atoms with van der Waals surface area (Å²) in [7, 11) is 0. The van der Waals surface area contributed by atoms with E-state index in [1.807, 2.05) is 57.2 Å². The van der Waals surface area contributed by atoms with E-state index in [-0.39, 0.29) is 18.4 Å². The molecule has 1 aromatic carbocycles. The lowest BCUT2D eigenvalue weighted by atomic mass is 9.98. The zero-order chi connectivity index (χ0) is 18.9. The van der Waals surface area contributed by atoms with Gasteiger partial charge in [0.15, 0.2) is 0 Å². The van der Waals surface area contributed by atoms with E-state index in [9.17, 15) is 9.59 Å². The highest BCUT2D eigenvalue weighted by molar-refractivity contribution is 5.96. The van der Waals surface area contributed by atoms with E-state index >= 15 is 0 Å². The van der Waals surface area contributed by atoms with Crippen molar-refractivity contribution < 1.29 is 14.3 Å². The normalized spacial score (nSPS) is 12.7. The number of nitrogens with one attached hydrogen (secondary N) is 2. The lowest BCUT2D eigenvalue weighted by Gasteiger charge is -2.23. The molecule has 2 aromatic rings. The summed E-state index contributed by atoms with van der Waals surface area (Å²) in [5, 5.41) is 5.43. The molecule has 2 atom stereocenters. The molecule has 138 valence electrons. The van der Waals surface area contributed by atoms with Gasteiger partial charge in [-0.1, -0.05) is 50.6 Å². The lowest BCUT2D eigenvalue weighted by Crippen LogP contribution is -2.47. The third-order valence-corrected chi connectivity index (χ3v) is 4.15. The monoisotopic (exact) mass is 355 g/mol. The fourth-order valence-corrected chi connectivity index (χ4v) is 2.40. The molecule has 1 aromatic heterocycles. The maximum absolute atomic E-state index is 12.6. The van der Waals surface area contributed by atoms with E-state index in [0.717, 1.165) is 17.5 Å². The number of pyridine rings is 1. The molecule has 2 amide bonds. The van der Waals surface area contributed by atoms with Crippen molar-refractivity contribution in [3.05, 3.63) is 59.8 Å². The van der Waals surface area contributed by atoms with Crippen LogP contribution in [0.5, 0.6) is 0 Å². The summed E-state index contributed by atoms with van der Waals surface area (Å²) in [5.74, 6) is 0.0981. The largest absolute Gasteiger partial charge is 0.445 e. The number of alkyl carbamates (subject to hydrolysis) is 1. The molecule has 0 fully saturated rings. The van der Waals surface area contributed by atoms with Crippen molar-refractivity contribution in [2.24, 2.45) is 5.92 Å². The third kappa shape index (κ3) is 5.88. The molecule has 0 spiro atoms. The Labute approximate surface area is 154 Å². The van der Waals surface area contributed by atoms with Crippen molar-refractivity contribution in [3.63, 3.8) is 0 Å². The number of carbonyl (C=O) groups excluding carboxylic acids is 2. The molecule has 2 rings (SSSR count). The molecule has 0 aliphatic rings. The predicted octanol–water partition coefficient (Wildman–Crippen LogP) is 3.67. The van der Waals surface area contributed by atoms with Gasteiger partial charge in [-0.15, -0.1) is 0 Å². The quantitative estimate of drug-likeness (QED) is 0.794. The van der Waals surface area contributed by atoms with Gasteiger partial charge >= 0.3 is 6.09 Å². The molecule has 2 N–H and O–H groups in total. The Morgan fingerprint density at radius 1 is 1.19 bits per heavy atom. The Morgan fingerprint density at radius 3 is 2.58 bits per heavy atom. The van der Waals surface area contributed by atoms with Crippen LogP contribution in [0, 0.1) is 12.8 Å². The maximum atomic E-state index is 12.6. The molecule has 6 heteroatoms. The van der Waals surface area contributed by atoms with Gasteiger partial charge in [0.05, 0.1) is 0 Å². The number of rotatable bonds is 7. The summed E-state index contributed by atoms with van der Waals surface area (Å²) in [6.45, 7) is 5.95. The Kier molecular flexibility index (Phi) is 7.14. The number of hydrogen-bond acceptors (Lipinski definition) is 4. The van der Waals surface area contributed by atoms with Gasteiger partial charge in [-0.2, -0.15) is 0 Å². The number of carbonyl (C=O) groups is 2. The fraction of sp³-hybridized carbons (Fsp3) is 0.350. The van der Waals surface area contributed by atoms with Crippen molar-refractivity contribution in [3.8, 4) is 0 Å². The van der Waals surface area contributed by atoms with E-state index < -0.39 is 12.1 Å². The van der Waals surface area contributed by atoms with Crippen molar-refractivity contribution in [1.82, 2.24) is 10.3 Å². The van der Waals surface area contributed by atoms with Crippen molar-refractivity contribution in [2.75, 3.05) is 5.32 Å².